The van der Waals surface area contributed by atoms with Crippen molar-refractivity contribution in [3.05, 3.63) is 57.7 Å². The molecule has 2 aromatic heterocycles. The van der Waals surface area contributed by atoms with Gasteiger partial charge in [0.15, 0.2) is 0 Å². The topological polar surface area (TPSA) is 73.7 Å². The minimum absolute atomic E-state index is 0.127. The molecule has 6 nitrogen and oxygen atoms in total. The maximum Gasteiger partial charge on any atom is 0.417 e. The van der Waals surface area contributed by atoms with E-state index in [-0.39, 0.29) is 11.5 Å². The number of hydrogen-bond acceptors (Lipinski definition) is 6. The number of halogens is 3. The second-order valence-corrected chi connectivity index (χ2v) is 10.7. The van der Waals surface area contributed by atoms with Crippen LogP contribution in [0.15, 0.2) is 18.3 Å². The molecule has 5 rings (SSSR count). The number of nitrogens with zero attached hydrogens (tertiary/aromatic N) is 2. The molecule has 1 fully saturated rings. The molecule has 1 aliphatic carbocycles. The summed E-state index contributed by atoms with van der Waals surface area (Å²) in [5.41, 5.74) is 2.67. The number of aliphatic hydroxyl groups excluding tert-OH is 1. The Morgan fingerprint density at radius 3 is 2.49 bits per heavy atom. The van der Waals surface area contributed by atoms with Gasteiger partial charge < -0.3 is 19.3 Å². The van der Waals surface area contributed by atoms with Crippen LogP contribution < -0.4 is 0 Å². The molecule has 2 aliphatic heterocycles. The van der Waals surface area contributed by atoms with E-state index in [2.05, 4.69) is 18.8 Å². The van der Waals surface area contributed by atoms with E-state index in [1.807, 2.05) is 6.92 Å². The largest absolute Gasteiger partial charge is 0.417 e. The molecular formula is C26H31F3N2O4. The van der Waals surface area contributed by atoms with E-state index in [1.165, 1.54) is 6.07 Å². The number of ether oxygens (including phenoxy) is 3. The predicted molar refractivity (Wildman–Crippen MR) is 121 cm³/mol. The van der Waals surface area contributed by atoms with E-state index in [4.69, 9.17) is 19.2 Å². The molecule has 1 unspecified atom stereocenters. The maximum atomic E-state index is 13.2. The number of hydrogen-bond donors (Lipinski definition) is 1. The molecule has 2 aromatic rings. The first-order valence-corrected chi connectivity index (χ1v) is 12.0. The van der Waals surface area contributed by atoms with Crippen LogP contribution in [-0.2, 0) is 32.4 Å². The summed E-state index contributed by atoms with van der Waals surface area (Å²) in [6.45, 7) is 7.10. The van der Waals surface area contributed by atoms with Gasteiger partial charge in [-0.1, -0.05) is 13.8 Å². The molecule has 3 atom stereocenters. The van der Waals surface area contributed by atoms with Gasteiger partial charge in [0, 0.05) is 56.2 Å². The number of aliphatic hydroxyl groups is 1. The summed E-state index contributed by atoms with van der Waals surface area (Å²) in [5.74, 6) is 0. The molecule has 4 heterocycles. The van der Waals surface area contributed by atoms with E-state index >= 15 is 0 Å². The van der Waals surface area contributed by atoms with Crippen molar-refractivity contribution in [2.24, 2.45) is 5.41 Å². The molecule has 1 spiro atoms. The molecule has 35 heavy (non-hydrogen) atoms. The van der Waals surface area contributed by atoms with E-state index in [9.17, 15) is 18.3 Å². The van der Waals surface area contributed by atoms with Gasteiger partial charge in [-0.3, -0.25) is 9.97 Å². The second kappa shape index (κ2) is 8.50. The Balaban J connectivity index is 1.75. The van der Waals surface area contributed by atoms with E-state index in [1.54, 1.807) is 7.11 Å². The fourth-order valence-electron chi connectivity index (χ4n) is 5.85. The zero-order chi connectivity index (χ0) is 25.2. The summed E-state index contributed by atoms with van der Waals surface area (Å²) in [7, 11) is 1.60. The molecule has 0 saturated carbocycles. The summed E-state index contributed by atoms with van der Waals surface area (Å²) in [6.07, 6.45) is -3.02. The Labute approximate surface area is 202 Å². The lowest BCUT2D eigenvalue weighted by atomic mass is 9.70. The standard InChI is InChI=1S/C26H31F3N2O4/c1-14(33-4)22-20-21(19-17(31-22)11-24(2,3)12-18(19)32)25(7-9-34-10-8-25)35-23(20)16-6-5-15(13-30-16)26(27,28)29/h5-6,13-14,18,23,32H,7-12H2,1-4H3/t14?,18-,23+/m0/s1. The van der Waals surface area contributed by atoms with Crippen LogP contribution in [0, 0.1) is 5.41 Å². The lowest BCUT2D eigenvalue weighted by Gasteiger charge is -2.40. The van der Waals surface area contributed by atoms with Gasteiger partial charge in [0.05, 0.1) is 34.8 Å². The Kier molecular flexibility index (Phi) is 5.98. The average Bonchev–Trinajstić information content (AvgIpc) is 3.11. The molecule has 0 amide bonds. The summed E-state index contributed by atoms with van der Waals surface area (Å²) in [5, 5.41) is 11.3. The first kappa shape index (κ1) is 24.6. The maximum absolute atomic E-state index is 13.2. The van der Waals surface area contributed by atoms with Crippen molar-refractivity contribution in [2.75, 3.05) is 20.3 Å². The van der Waals surface area contributed by atoms with E-state index in [0.717, 1.165) is 34.6 Å². The zero-order valence-electron chi connectivity index (χ0n) is 20.4. The van der Waals surface area contributed by atoms with Gasteiger partial charge in [-0.05, 0) is 42.9 Å². The quantitative estimate of drug-likeness (QED) is 0.624. The van der Waals surface area contributed by atoms with Crippen molar-refractivity contribution >= 4 is 0 Å². The average molecular weight is 493 g/mol. The highest BCUT2D eigenvalue weighted by Gasteiger charge is 2.53. The molecule has 1 saturated heterocycles. The number of alkyl halides is 3. The number of pyridine rings is 2. The first-order valence-electron chi connectivity index (χ1n) is 12.0. The van der Waals surface area contributed by atoms with Gasteiger partial charge in [-0.2, -0.15) is 13.2 Å². The molecule has 0 radical (unpaired) electrons. The summed E-state index contributed by atoms with van der Waals surface area (Å²) >= 11 is 0. The van der Waals surface area contributed by atoms with Gasteiger partial charge in [0.1, 0.15) is 6.10 Å². The molecule has 0 aromatic carbocycles. The molecule has 9 heteroatoms. The van der Waals surface area contributed by atoms with Crippen molar-refractivity contribution in [3.8, 4) is 0 Å². The smallest absolute Gasteiger partial charge is 0.388 e. The highest BCUT2D eigenvalue weighted by atomic mass is 19.4. The van der Waals surface area contributed by atoms with Crippen LogP contribution in [0.4, 0.5) is 13.2 Å². The van der Waals surface area contributed by atoms with Crippen molar-refractivity contribution in [3.63, 3.8) is 0 Å². The third-order valence-electron chi connectivity index (χ3n) is 7.59. The van der Waals surface area contributed by atoms with E-state index < -0.39 is 29.5 Å². The Bertz CT molecular complexity index is 1110. The van der Waals surface area contributed by atoms with Gasteiger partial charge in [0.25, 0.3) is 0 Å². The summed E-state index contributed by atoms with van der Waals surface area (Å²) < 4.78 is 57.6. The van der Waals surface area contributed by atoms with Crippen LogP contribution in [0.1, 0.15) is 97.7 Å². The van der Waals surface area contributed by atoms with Crippen LogP contribution >= 0.6 is 0 Å². The van der Waals surface area contributed by atoms with Crippen molar-refractivity contribution < 1.29 is 32.5 Å². The predicted octanol–water partition coefficient (Wildman–Crippen LogP) is 5.33. The monoisotopic (exact) mass is 492 g/mol. The SMILES string of the molecule is COC(C)c1nc2c(c3c1[C@@H](c1ccc(C(F)(F)F)cn1)OC31CCOCC1)[C@@H](O)CC(C)(C)C2. The van der Waals surface area contributed by atoms with Gasteiger partial charge in [0.2, 0.25) is 0 Å². The van der Waals surface area contributed by atoms with Crippen LogP contribution in [0.5, 0.6) is 0 Å². The minimum Gasteiger partial charge on any atom is -0.388 e. The van der Waals surface area contributed by atoms with Crippen molar-refractivity contribution in [1.29, 1.82) is 0 Å². The van der Waals surface area contributed by atoms with Gasteiger partial charge in [-0.15, -0.1) is 0 Å². The van der Waals surface area contributed by atoms with Gasteiger partial charge >= 0.3 is 6.18 Å². The molecule has 190 valence electrons. The summed E-state index contributed by atoms with van der Waals surface area (Å²) in [6, 6.07) is 2.40. The zero-order valence-corrected chi connectivity index (χ0v) is 20.4. The number of rotatable bonds is 3. The lowest BCUT2D eigenvalue weighted by molar-refractivity contribution is -0.138. The Morgan fingerprint density at radius 1 is 1.17 bits per heavy atom. The molecule has 0 bridgehead atoms. The van der Waals surface area contributed by atoms with Crippen LogP contribution in [0.25, 0.3) is 0 Å². The molecular weight excluding hydrogens is 461 g/mol. The summed E-state index contributed by atoms with van der Waals surface area (Å²) in [4.78, 5) is 9.19. The minimum atomic E-state index is -4.48. The van der Waals surface area contributed by atoms with Crippen LogP contribution in [0.2, 0.25) is 0 Å². The molecule has 1 N–H and O–H groups in total. The second-order valence-electron chi connectivity index (χ2n) is 10.7. The Hall–Kier alpha value is -2.07. The van der Waals surface area contributed by atoms with Crippen LogP contribution in [0.3, 0.4) is 0 Å². The van der Waals surface area contributed by atoms with Crippen molar-refractivity contribution in [2.45, 2.75) is 76.5 Å². The highest BCUT2D eigenvalue weighted by Crippen LogP contribution is 2.57. The van der Waals surface area contributed by atoms with Gasteiger partial charge in [-0.25, -0.2) is 0 Å². The fraction of sp³-hybridized carbons (Fsp3) is 0.615. The molecule has 3 aliphatic rings. The third kappa shape index (κ3) is 4.16. The van der Waals surface area contributed by atoms with E-state index in [0.29, 0.717) is 50.3 Å². The number of methoxy groups -OCH3 is 1. The third-order valence-corrected chi connectivity index (χ3v) is 7.59. The highest BCUT2D eigenvalue weighted by molar-refractivity contribution is 5.53. The Morgan fingerprint density at radius 2 is 1.89 bits per heavy atom. The first-order chi connectivity index (χ1) is 16.5. The number of fused-ring (bicyclic) bond motifs is 4. The lowest BCUT2D eigenvalue weighted by Crippen LogP contribution is -2.37. The normalized spacial score (nSPS) is 25.8. The fourth-order valence-corrected chi connectivity index (χ4v) is 5.85. The van der Waals surface area contributed by atoms with Crippen LogP contribution in [-0.4, -0.2) is 35.4 Å². The number of aromatic nitrogens is 2. The van der Waals surface area contributed by atoms with Crippen molar-refractivity contribution in [1.82, 2.24) is 9.97 Å².